The molecule has 2 amide bonds. The molecule has 0 bridgehead atoms. The number of H-pyrrole nitrogens is 1. The topological polar surface area (TPSA) is 109 Å². The minimum absolute atomic E-state index is 0.154. The first-order chi connectivity index (χ1) is 10.2. The second-order valence-electron chi connectivity index (χ2n) is 4.00. The lowest BCUT2D eigenvalue weighted by Crippen LogP contribution is -2.33. The van der Waals surface area contributed by atoms with Crippen molar-refractivity contribution >= 4 is 17.8 Å². The van der Waals surface area contributed by atoms with Gasteiger partial charge in [-0.2, -0.15) is 4.98 Å². The van der Waals surface area contributed by atoms with Crippen LogP contribution in [-0.4, -0.2) is 40.1 Å². The van der Waals surface area contributed by atoms with Crippen molar-refractivity contribution in [2.24, 2.45) is 0 Å². The van der Waals surface area contributed by atoms with Crippen molar-refractivity contribution in [1.82, 2.24) is 20.5 Å². The standard InChI is InChI=1S/C13H15N5O3/c1-2-21-13-16-12(17-18-13)15-10(19)8-14-11(20)9-6-4-3-5-7-9/h3-7H,2,8H2,1H3,(H,14,20)(H2,15,16,17,18,19). The number of carbonyl (C=O) groups excluding carboxylic acids is 2. The Morgan fingerprint density at radius 2 is 2.05 bits per heavy atom. The fourth-order valence-electron chi connectivity index (χ4n) is 1.52. The summed E-state index contributed by atoms with van der Waals surface area (Å²) in [6, 6.07) is 8.79. The van der Waals surface area contributed by atoms with Crippen LogP contribution >= 0.6 is 0 Å². The van der Waals surface area contributed by atoms with Crippen LogP contribution in [0.2, 0.25) is 0 Å². The number of ether oxygens (including phenoxy) is 1. The van der Waals surface area contributed by atoms with Crippen LogP contribution in [0.15, 0.2) is 30.3 Å². The number of aromatic nitrogens is 3. The van der Waals surface area contributed by atoms with Crippen molar-refractivity contribution < 1.29 is 14.3 Å². The Balaban J connectivity index is 1.80. The van der Waals surface area contributed by atoms with Gasteiger partial charge in [0, 0.05) is 5.56 Å². The Hall–Kier alpha value is -2.90. The predicted octanol–water partition coefficient (Wildman–Crippen LogP) is 0.572. The molecule has 0 aliphatic carbocycles. The van der Waals surface area contributed by atoms with Crippen LogP contribution in [0.5, 0.6) is 6.01 Å². The summed E-state index contributed by atoms with van der Waals surface area (Å²) in [5.41, 5.74) is 0.489. The van der Waals surface area contributed by atoms with E-state index in [0.717, 1.165) is 0 Å². The Morgan fingerprint density at radius 3 is 2.76 bits per heavy atom. The molecule has 1 heterocycles. The summed E-state index contributed by atoms with van der Waals surface area (Å²) < 4.78 is 5.05. The van der Waals surface area contributed by atoms with Gasteiger partial charge in [0.05, 0.1) is 13.2 Å². The molecule has 0 saturated heterocycles. The summed E-state index contributed by atoms with van der Waals surface area (Å²) in [6.07, 6.45) is 0. The van der Waals surface area contributed by atoms with E-state index < -0.39 is 5.91 Å². The lowest BCUT2D eigenvalue weighted by atomic mass is 10.2. The van der Waals surface area contributed by atoms with E-state index in [4.69, 9.17) is 4.74 Å². The molecule has 0 spiro atoms. The summed E-state index contributed by atoms with van der Waals surface area (Å²) in [7, 11) is 0. The highest BCUT2D eigenvalue weighted by atomic mass is 16.5. The van der Waals surface area contributed by atoms with Crippen LogP contribution < -0.4 is 15.4 Å². The minimum atomic E-state index is -0.418. The number of rotatable bonds is 6. The highest BCUT2D eigenvalue weighted by Gasteiger charge is 2.10. The summed E-state index contributed by atoms with van der Waals surface area (Å²) in [5.74, 6) is -0.575. The maximum atomic E-state index is 11.7. The van der Waals surface area contributed by atoms with Crippen molar-refractivity contribution in [2.75, 3.05) is 18.5 Å². The average Bonchev–Trinajstić information content (AvgIpc) is 2.93. The molecule has 0 radical (unpaired) electrons. The van der Waals surface area contributed by atoms with Crippen molar-refractivity contribution in [3.05, 3.63) is 35.9 Å². The summed E-state index contributed by atoms with van der Waals surface area (Å²) in [4.78, 5) is 27.3. The molecule has 2 aromatic rings. The van der Waals surface area contributed by atoms with Gasteiger partial charge >= 0.3 is 6.01 Å². The van der Waals surface area contributed by atoms with E-state index in [1.165, 1.54) is 0 Å². The quantitative estimate of drug-likeness (QED) is 0.720. The molecule has 8 nitrogen and oxygen atoms in total. The molecule has 1 aromatic carbocycles. The van der Waals surface area contributed by atoms with E-state index in [1.807, 2.05) is 6.07 Å². The fourth-order valence-corrected chi connectivity index (χ4v) is 1.52. The first-order valence-electron chi connectivity index (χ1n) is 6.37. The van der Waals surface area contributed by atoms with E-state index in [9.17, 15) is 9.59 Å². The second kappa shape index (κ2) is 7.04. The monoisotopic (exact) mass is 289 g/mol. The van der Waals surface area contributed by atoms with Gasteiger partial charge in [0.1, 0.15) is 0 Å². The van der Waals surface area contributed by atoms with Gasteiger partial charge in [0.15, 0.2) is 0 Å². The molecule has 0 atom stereocenters. The van der Waals surface area contributed by atoms with Crippen LogP contribution in [0, 0.1) is 0 Å². The Bertz CT molecular complexity index is 611. The molecular weight excluding hydrogens is 274 g/mol. The van der Waals surface area contributed by atoms with Crippen LogP contribution in [0.25, 0.3) is 0 Å². The molecule has 110 valence electrons. The first-order valence-corrected chi connectivity index (χ1v) is 6.37. The Morgan fingerprint density at radius 1 is 1.29 bits per heavy atom. The molecular formula is C13H15N5O3. The lowest BCUT2D eigenvalue weighted by molar-refractivity contribution is -0.115. The van der Waals surface area contributed by atoms with Gasteiger partial charge in [0.2, 0.25) is 11.9 Å². The van der Waals surface area contributed by atoms with Crippen molar-refractivity contribution in [1.29, 1.82) is 0 Å². The number of aromatic amines is 1. The van der Waals surface area contributed by atoms with Crippen LogP contribution in [0.4, 0.5) is 5.95 Å². The van der Waals surface area contributed by atoms with Gasteiger partial charge in [-0.05, 0) is 19.1 Å². The zero-order chi connectivity index (χ0) is 15.1. The smallest absolute Gasteiger partial charge is 0.337 e. The number of hydrogen-bond acceptors (Lipinski definition) is 5. The highest BCUT2D eigenvalue weighted by molar-refractivity contribution is 5.98. The molecule has 0 aliphatic rings. The van der Waals surface area contributed by atoms with Gasteiger partial charge in [-0.1, -0.05) is 18.2 Å². The zero-order valence-corrected chi connectivity index (χ0v) is 11.4. The van der Waals surface area contributed by atoms with Crippen molar-refractivity contribution in [3.63, 3.8) is 0 Å². The number of nitrogens with one attached hydrogen (secondary N) is 3. The second-order valence-corrected chi connectivity index (χ2v) is 4.00. The number of nitrogens with zero attached hydrogens (tertiary/aromatic N) is 2. The summed E-state index contributed by atoms with van der Waals surface area (Å²) in [6.45, 7) is 2.06. The maximum absolute atomic E-state index is 11.7. The van der Waals surface area contributed by atoms with Crippen LogP contribution in [0.3, 0.4) is 0 Å². The number of anilines is 1. The van der Waals surface area contributed by atoms with Gasteiger partial charge in [0.25, 0.3) is 5.91 Å². The number of carbonyl (C=O) groups is 2. The van der Waals surface area contributed by atoms with E-state index >= 15 is 0 Å². The molecule has 0 unspecified atom stereocenters. The molecule has 0 fully saturated rings. The Kier molecular flexibility index (Phi) is 4.86. The number of benzene rings is 1. The summed E-state index contributed by atoms with van der Waals surface area (Å²) in [5, 5.41) is 11.2. The third-order valence-corrected chi connectivity index (χ3v) is 2.44. The van der Waals surface area contributed by atoms with E-state index in [-0.39, 0.29) is 24.4 Å². The SMILES string of the molecule is CCOc1n[nH]c(NC(=O)CNC(=O)c2ccccc2)n1. The summed E-state index contributed by atoms with van der Waals surface area (Å²) >= 11 is 0. The maximum Gasteiger partial charge on any atom is 0.337 e. The number of hydrogen-bond donors (Lipinski definition) is 3. The Labute approximate surface area is 120 Å². The molecule has 0 aliphatic heterocycles. The molecule has 21 heavy (non-hydrogen) atoms. The number of amides is 2. The molecule has 3 N–H and O–H groups in total. The van der Waals surface area contributed by atoms with E-state index in [1.54, 1.807) is 31.2 Å². The molecule has 1 aromatic heterocycles. The lowest BCUT2D eigenvalue weighted by Gasteiger charge is -2.04. The van der Waals surface area contributed by atoms with Crippen molar-refractivity contribution in [3.8, 4) is 6.01 Å². The van der Waals surface area contributed by atoms with E-state index in [0.29, 0.717) is 12.2 Å². The zero-order valence-electron chi connectivity index (χ0n) is 11.4. The largest absolute Gasteiger partial charge is 0.463 e. The third-order valence-electron chi connectivity index (χ3n) is 2.44. The van der Waals surface area contributed by atoms with Gasteiger partial charge in [-0.25, -0.2) is 5.10 Å². The molecule has 8 heteroatoms. The average molecular weight is 289 g/mol. The first kappa shape index (κ1) is 14.5. The van der Waals surface area contributed by atoms with Gasteiger partial charge in [-0.15, -0.1) is 5.10 Å². The normalized spacial score (nSPS) is 9.95. The van der Waals surface area contributed by atoms with E-state index in [2.05, 4.69) is 25.8 Å². The highest BCUT2D eigenvalue weighted by Crippen LogP contribution is 2.05. The van der Waals surface area contributed by atoms with Crippen molar-refractivity contribution in [2.45, 2.75) is 6.92 Å². The predicted molar refractivity (Wildman–Crippen MR) is 75.0 cm³/mol. The van der Waals surface area contributed by atoms with Gasteiger partial charge < -0.3 is 10.1 Å². The molecule has 0 saturated carbocycles. The third kappa shape index (κ3) is 4.30. The van der Waals surface area contributed by atoms with Crippen LogP contribution in [0.1, 0.15) is 17.3 Å². The van der Waals surface area contributed by atoms with Crippen LogP contribution in [-0.2, 0) is 4.79 Å². The fraction of sp³-hybridized carbons (Fsp3) is 0.231. The minimum Gasteiger partial charge on any atom is -0.463 e. The van der Waals surface area contributed by atoms with Gasteiger partial charge in [-0.3, -0.25) is 14.9 Å². The molecule has 2 rings (SSSR count).